The number of carbonyl (C=O) groups is 1. The van der Waals surface area contributed by atoms with E-state index in [9.17, 15) is 9.00 Å². The Hall–Kier alpha value is -0.720. The van der Waals surface area contributed by atoms with Crippen LogP contribution in [-0.2, 0) is 17.3 Å². The molecule has 0 unspecified atom stereocenters. The van der Waals surface area contributed by atoms with E-state index in [4.69, 9.17) is 5.11 Å². The molecule has 1 aromatic rings. The second-order valence-corrected chi connectivity index (χ2v) is 6.70. The van der Waals surface area contributed by atoms with Crippen LogP contribution in [0.2, 0.25) is 0 Å². The lowest BCUT2D eigenvalue weighted by Gasteiger charge is -2.22. The molecule has 0 aliphatic carbocycles. The van der Waals surface area contributed by atoms with Crippen molar-refractivity contribution in [1.82, 2.24) is 5.32 Å². The Balaban J connectivity index is 1.87. The van der Waals surface area contributed by atoms with Crippen LogP contribution in [0.5, 0.6) is 0 Å². The van der Waals surface area contributed by atoms with Crippen molar-refractivity contribution >= 4 is 28.1 Å². The van der Waals surface area contributed by atoms with Gasteiger partial charge in [0.15, 0.2) is 0 Å². The van der Waals surface area contributed by atoms with Crippen molar-refractivity contribution in [2.24, 2.45) is 0 Å². The monoisotopic (exact) mass is 273 g/mol. The number of hydrogen-bond acceptors (Lipinski definition) is 4. The highest BCUT2D eigenvalue weighted by Crippen LogP contribution is 2.17. The summed E-state index contributed by atoms with van der Waals surface area (Å²) in [6, 6.07) is 2.22. The van der Waals surface area contributed by atoms with Gasteiger partial charge in [-0.05, 0) is 29.9 Å². The normalized spacial score (nSPS) is 24.7. The van der Waals surface area contributed by atoms with Crippen LogP contribution in [0.4, 0.5) is 0 Å². The Morgan fingerprint density at radius 2 is 2.24 bits per heavy atom. The highest BCUT2D eigenvalue weighted by Gasteiger charge is 2.18. The third-order valence-corrected chi connectivity index (χ3v) is 5.24. The summed E-state index contributed by atoms with van der Waals surface area (Å²) in [6.07, 6.45) is 1.83. The molecule has 1 saturated heterocycles. The van der Waals surface area contributed by atoms with Crippen LogP contribution in [0, 0.1) is 0 Å². The van der Waals surface area contributed by atoms with Crippen LogP contribution in [0.15, 0.2) is 11.4 Å². The van der Waals surface area contributed by atoms with Gasteiger partial charge in [-0.25, -0.2) is 4.79 Å². The SMILES string of the molecule is O=C(O)c1sccc1CNC1CCS(=O)CC1. The summed E-state index contributed by atoms with van der Waals surface area (Å²) in [5.74, 6) is 0.654. The van der Waals surface area contributed by atoms with E-state index in [0.717, 1.165) is 29.9 Å². The molecule has 0 spiro atoms. The predicted molar refractivity (Wildman–Crippen MR) is 69.0 cm³/mol. The Labute approximate surface area is 107 Å². The fraction of sp³-hybridized carbons (Fsp3) is 0.545. The number of carboxylic acid groups (broad SMARTS) is 1. The van der Waals surface area contributed by atoms with Gasteiger partial charge in [-0.1, -0.05) is 0 Å². The van der Waals surface area contributed by atoms with E-state index in [1.807, 2.05) is 6.07 Å². The van der Waals surface area contributed by atoms with Crippen LogP contribution in [-0.4, -0.2) is 32.8 Å². The van der Waals surface area contributed by atoms with E-state index in [1.165, 1.54) is 11.3 Å². The molecule has 0 radical (unpaired) electrons. The second kappa shape index (κ2) is 5.75. The summed E-state index contributed by atoms with van der Waals surface area (Å²) >= 11 is 1.26. The Morgan fingerprint density at radius 1 is 1.53 bits per heavy atom. The lowest BCUT2D eigenvalue weighted by molar-refractivity contribution is 0.0701. The molecule has 2 heterocycles. The quantitative estimate of drug-likeness (QED) is 0.871. The average molecular weight is 273 g/mol. The first kappa shape index (κ1) is 12.7. The highest BCUT2D eigenvalue weighted by atomic mass is 32.2. The van der Waals surface area contributed by atoms with E-state index in [2.05, 4.69) is 5.32 Å². The second-order valence-electron chi connectivity index (χ2n) is 4.08. The van der Waals surface area contributed by atoms with Gasteiger partial charge in [0, 0.05) is 34.9 Å². The molecule has 0 atom stereocenters. The number of rotatable bonds is 4. The molecule has 0 aromatic carbocycles. The molecule has 2 N–H and O–H groups in total. The molecule has 1 fully saturated rings. The van der Waals surface area contributed by atoms with E-state index in [0.29, 0.717) is 17.5 Å². The maximum Gasteiger partial charge on any atom is 0.346 e. The first-order valence-corrected chi connectivity index (χ1v) is 7.91. The van der Waals surface area contributed by atoms with E-state index < -0.39 is 16.8 Å². The molecule has 6 heteroatoms. The predicted octanol–water partition coefficient (Wildman–Crippen LogP) is 1.45. The van der Waals surface area contributed by atoms with Crippen molar-refractivity contribution in [3.05, 3.63) is 21.9 Å². The number of aromatic carboxylic acids is 1. The minimum atomic E-state index is -0.860. The average Bonchev–Trinajstić information content (AvgIpc) is 2.76. The maximum atomic E-state index is 11.2. The summed E-state index contributed by atoms with van der Waals surface area (Å²) < 4.78 is 11.2. The zero-order valence-corrected chi connectivity index (χ0v) is 11.0. The van der Waals surface area contributed by atoms with Crippen LogP contribution < -0.4 is 5.32 Å². The molecular weight excluding hydrogens is 258 g/mol. The summed E-state index contributed by atoms with van der Waals surface area (Å²) in [6.45, 7) is 0.586. The van der Waals surface area contributed by atoms with Gasteiger partial charge in [-0.15, -0.1) is 11.3 Å². The standard InChI is InChI=1S/C11H15NO3S2/c13-11(14)10-8(1-4-16-10)7-12-9-2-5-17(15)6-3-9/h1,4,9,12H,2-3,5-7H2,(H,13,14). The van der Waals surface area contributed by atoms with Crippen molar-refractivity contribution in [1.29, 1.82) is 0 Å². The fourth-order valence-corrected chi connectivity index (χ4v) is 3.97. The van der Waals surface area contributed by atoms with Crippen molar-refractivity contribution in [2.45, 2.75) is 25.4 Å². The Kier molecular flexibility index (Phi) is 4.31. The van der Waals surface area contributed by atoms with Crippen molar-refractivity contribution < 1.29 is 14.1 Å². The van der Waals surface area contributed by atoms with Crippen LogP contribution in [0.1, 0.15) is 28.1 Å². The van der Waals surface area contributed by atoms with E-state index in [-0.39, 0.29) is 0 Å². The molecule has 94 valence electrons. The first-order valence-electron chi connectivity index (χ1n) is 5.55. The number of thiophene rings is 1. The molecule has 1 aromatic heterocycles. The highest BCUT2D eigenvalue weighted by molar-refractivity contribution is 7.85. The molecule has 0 bridgehead atoms. The lowest BCUT2D eigenvalue weighted by Crippen LogP contribution is -2.35. The Bertz CT molecular complexity index is 420. The van der Waals surface area contributed by atoms with Gasteiger partial charge in [0.2, 0.25) is 0 Å². The molecule has 4 nitrogen and oxygen atoms in total. The van der Waals surface area contributed by atoms with Crippen LogP contribution >= 0.6 is 11.3 Å². The van der Waals surface area contributed by atoms with Crippen molar-refractivity contribution in [3.8, 4) is 0 Å². The number of nitrogens with one attached hydrogen (secondary N) is 1. The minimum absolute atomic E-state index is 0.370. The fourth-order valence-electron chi connectivity index (χ4n) is 1.91. The molecule has 17 heavy (non-hydrogen) atoms. The molecule has 1 aliphatic heterocycles. The van der Waals surface area contributed by atoms with Gasteiger partial charge >= 0.3 is 5.97 Å². The summed E-state index contributed by atoms with van der Waals surface area (Å²) in [5.41, 5.74) is 0.842. The smallest absolute Gasteiger partial charge is 0.346 e. The van der Waals surface area contributed by atoms with Gasteiger partial charge in [0.05, 0.1) is 0 Å². The molecule has 2 rings (SSSR count). The van der Waals surface area contributed by atoms with Crippen LogP contribution in [0.3, 0.4) is 0 Å². The van der Waals surface area contributed by atoms with Gasteiger partial charge in [0.1, 0.15) is 4.88 Å². The molecular formula is C11H15NO3S2. The maximum absolute atomic E-state index is 11.2. The topological polar surface area (TPSA) is 66.4 Å². The molecule has 0 amide bonds. The van der Waals surface area contributed by atoms with Gasteiger partial charge in [-0.3, -0.25) is 4.21 Å². The molecule has 0 saturated carbocycles. The number of carboxylic acids is 1. The number of hydrogen-bond donors (Lipinski definition) is 2. The van der Waals surface area contributed by atoms with Gasteiger partial charge in [0.25, 0.3) is 0 Å². The molecule has 1 aliphatic rings. The van der Waals surface area contributed by atoms with Crippen molar-refractivity contribution in [2.75, 3.05) is 11.5 Å². The zero-order chi connectivity index (χ0) is 12.3. The first-order chi connectivity index (χ1) is 8.16. The summed E-state index contributed by atoms with van der Waals surface area (Å²) in [4.78, 5) is 11.3. The van der Waals surface area contributed by atoms with Gasteiger partial charge in [-0.2, -0.15) is 0 Å². The lowest BCUT2D eigenvalue weighted by atomic mass is 10.1. The van der Waals surface area contributed by atoms with E-state index >= 15 is 0 Å². The van der Waals surface area contributed by atoms with Gasteiger partial charge < -0.3 is 10.4 Å². The third-order valence-electron chi connectivity index (χ3n) is 2.91. The summed E-state index contributed by atoms with van der Waals surface area (Å²) in [7, 11) is -0.645. The zero-order valence-electron chi connectivity index (χ0n) is 9.35. The van der Waals surface area contributed by atoms with E-state index in [1.54, 1.807) is 5.38 Å². The minimum Gasteiger partial charge on any atom is -0.477 e. The van der Waals surface area contributed by atoms with Crippen LogP contribution in [0.25, 0.3) is 0 Å². The summed E-state index contributed by atoms with van der Waals surface area (Å²) in [5, 5.41) is 14.1. The largest absolute Gasteiger partial charge is 0.477 e. The third kappa shape index (κ3) is 3.37. The Morgan fingerprint density at radius 3 is 2.88 bits per heavy atom. The van der Waals surface area contributed by atoms with Crippen molar-refractivity contribution in [3.63, 3.8) is 0 Å².